The van der Waals surface area contributed by atoms with Crippen molar-refractivity contribution < 1.29 is 0 Å². The third-order valence-corrected chi connectivity index (χ3v) is 3.81. The summed E-state index contributed by atoms with van der Waals surface area (Å²) in [6, 6.07) is 4.37. The first-order valence-corrected chi connectivity index (χ1v) is 6.86. The number of hydrogen-bond acceptors (Lipinski definition) is 2. The zero-order valence-electron chi connectivity index (χ0n) is 11.1. The van der Waals surface area contributed by atoms with Gasteiger partial charge in [0.15, 0.2) is 0 Å². The summed E-state index contributed by atoms with van der Waals surface area (Å²) in [4.78, 5) is 4.57. The minimum Gasteiger partial charge on any atom is -0.323 e. The maximum absolute atomic E-state index is 6.30. The molecule has 1 atom stereocenters. The van der Waals surface area contributed by atoms with Gasteiger partial charge in [0, 0.05) is 11.7 Å². The van der Waals surface area contributed by atoms with E-state index in [4.69, 9.17) is 5.73 Å². The van der Waals surface area contributed by atoms with Crippen LogP contribution in [0.4, 0.5) is 0 Å². The molecule has 94 valence electrons. The average Bonchev–Trinajstić information content (AvgIpc) is 2.29. The molecule has 1 aromatic rings. The highest BCUT2D eigenvalue weighted by Crippen LogP contribution is 2.30. The molecule has 1 saturated carbocycles. The van der Waals surface area contributed by atoms with Crippen LogP contribution in [0, 0.1) is 19.8 Å². The molecule has 0 aliphatic heterocycles. The smallest absolute Gasteiger partial charge is 0.0576 e. The Balaban J connectivity index is 2.00. The lowest BCUT2D eigenvalue weighted by Gasteiger charge is -2.24. The molecular weight excluding hydrogens is 208 g/mol. The van der Waals surface area contributed by atoms with Gasteiger partial charge in [0.1, 0.15) is 0 Å². The highest BCUT2D eigenvalue weighted by Gasteiger charge is 2.18. The lowest BCUT2D eigenvalue weighted by Crippen LogP contribution is -2.18. The van der Waals surface area contributed by atoms with Gasteiger partial charge in [0.05, 0.1) is 5.69 Å². The summed E-state index contributed by atoms with van der Waals surface area (Å²) in [5.41, 5.74) is 9.73. The van der Waals surface area contributed by atoms with Gasteiger partial charge in [-0.05, 0) is 43.9 Å². The topological polar surface area (TPSA) is 38.9 Å². The summed E-state index contributed by atoms with van der Waals surface area (Å²) in [5.74, 6) is 0.821. The summed E-state index contributed by atoms with van der Waals surface area (Å²) in [6.07, 6.45) is 8.01. The zero-order valence-corrected chi connectivity index (χ0v) is 11.1. The van der Waals surface area contributed by atoms with Crippen molar-refractivity contribution in [2.75, 3.05) is 0 Å². The zero-order chi connectivity index (χ0) is 12.3. The Morgan fingerprint density at radius 2 is 1.94 bits per heavy atom. The van der Waals surface area contributed by atoms with E-state index in [9.17, 15) is 0 Å². The molecule has 0 saturated heterocycles. The lowest BCUT2D eigenvalue weighted by atomic mass is 9.84. The molecule has 1 fully saturated rings. The predicted molar refractivity (Wildman–Crippen MR) is 71.8 cm³/mol. The van der Waals surface area contributed by atoms with Gasteiger partial charge in [-0.2, -0.15) is 0 Å². The number of rotatable bonds is 3. The van der Waals surface area contributed by atoms with Gasteiger partial charge in [-0.3, -0.25) is 4.98 Å². The van der Waals surface area contributed by atoms with Crippen LogP contribution in [0.5, 0.6) is 0 Å². The molecule has 0 aromatic carbocycles. The molecule has 2 heteroatoms. The van der Waals surface area contributed by atoms with E-state index in [1.165, 1.54) is 37.7 Å². The van der Waals surface area contributed by atoms with E-state index in [0.717, 1.165) is 23.7 Å². The van der Waals surface area contributed by atoms with Crippen molar-refractivity contribution in [1.29, 1.82) is 0 Å². The Kier molecular flexibility index (Phi) is 4.16. The van der Waals surface area contributed by atoms with Crippen LogP contribution in [0.1, 0.15) is 61.5 Å². The second-order valence-corrected chi connectivity index (χ2v) is 5.56. The van der Waals surface area contributed by atoms with Gasteiger partial charge < -0.3 is 5.73 Å². The molecule has 2 nitrogen and oxygen atoms in total. The molecule has 0 bridgehead atoms. The maximum atomic E-state index is 6.30. The average molecular weight is 232 g/mol. The molecule has 1 aromatic heterocycles. The van der Waals surface area contributed by atoms with Crippen molar-refractivity contribution in [2.45, 2.75) is 58.4 Å². The molecule has 1 unspecified atom stereocenters. The van der Waals surface area contributed by atoms with Gasteiger partial charge >= 0.3 is 0 Å². The minimum atomic E-state index is 0.122. The maximum Gasteiger partial charge on any atom is 0.0576 e. The van der Waals surface area contributed by atoms with Gasteiger partial charge in [-0.1, -0.05) is 32.1 Å². The van der Waals surface area contributed by atoms with Crippen molar-refractivity contribution >= 4 is 0 Å². The largest absolute Gasteiger partial charge is 0.323 e. The molecular formula is C15H24N2. The van der Waals surface area contributed by atoms with E-state index in [-0.39, 0.29) is 6.04 Å². The van der Waals surface area contributed by atoms with Crippen LogP contribution in [0.15, 0.2) is 12.1 Å². The fourth-order valence-electron chi connectivity index (χ4n) is 2.97. The van der Waals surface area contributed by atoms with E-state index in [0.29, 0.717) is 0 Å². The number of pyridine rings is 1. The minimum absolute atomic E-state index is 0.122. The van der Waals surface area contributed by atoms with Crippen LogP contribution in [0.2, 0.25) is 0 Å². The second-order valence-electron chi connectivity index (χ2n) is 5.56. The van der Waals surface area contributed by atoms with E-state index >= 15 is 0 Å². The monoisotopic (exact) mass is 232 g/mol. The third kappa shape index (κ3) is 3.53. The van der Waals surface area contributed by atoms with Crippen LogP contribution >= 0.6 is 0 Å². The Morgan fingerprint density at radius 1 is 1.24 bits per heavy atom. The van der Waals surface area contributed by atoms with Crippen molar-refractivity contribution in [3.8, 4) is 0 Å². The number of nitrogens with zero attached hydrogens (tertiary/aromatic N) is 1. The van der Waals surface area contributed by atoms with Crippen LogP contribution in [-0.2, 0) is 0 Å². The summed E-state index contributed by atoms with van der Waals surface area (Å²) >= 11 is 0. The number of aromatic nitrogens is 1. The van der Waals surface area contributed by atoms with Crippen LogP contribution in [0.3, 0.4) is 0 Å². The molecule has 2 rings (SSSR count). The molecule has 0 amide bonds. The summed E-state index contributed by atoms with van der Waals surface area (Å²) in [5, 5.41) is 0. The van der Waals surface area contributed by atoms with Crippen molar-refractivity contribution in [1.82, 2.24) is 4.98 Å². The molecule has 1 aliphatic rings. The van der Waals surface area contributed by atoms with E-state index in [1.54, 1.807) is 0 Å². The highest BCUT2D eigenvalue weighted by atomic mass is 14.8. The van der Waals surface area contributed by atoms with Crippen LogP contribution < -0.4 is 5.73 Å². The normalized spacial score (nSPS) is 19.2. The van der Waals surface area contributed by atoms with Crippen molar-refractivity contribution in [2.24, 2.45) is 11.7 Å². The molecule has 1 heterocycles. The third-order valence-electron chi connectivity index (χ3n) is 3.81. The summed E-state index contributed by atoms with van der Waals surface area (Å²) < 4.78 is 0. The first-order chi connectivity index (χ1) is 8.15. The second kappa shape index (κ2) is 5.63. The van der Waals surface area contributed by atoms with Gasteiger partial charge in [0.25, 0.3) is 0 Å². The Labute approximate surface area is 105 Å². The van der Waals surface area contributed by atoms with E-state index < -0.39 is 0 Å². The Hall–Kier alpha value is -0.890. The number of aryl methyl sites for hydroxylation is 2. The molecule has 17 heavy (non-hydrogen) atoms. The first kappa shape index (κ1) is 12.6. The van der Waals surface area contributed by atoms with Gasteiger partial charge in [-0.25, -0.2) is 0 Å². The standard InChI is InChI=1S/C15H24N2/c1-11-8-12(2)17-15(9-11)14(16)10-13-6-4-3-5-7-13/h8-9,13-14H,3-7,10,16H2,1-2H3. The fourth-order valence-corrected chi connectivity index (χ4v) is 2.97. The number of nitrogens with two attached hydrogens (primary N) is 1. The van der Waals surface area contributed by atoms with Crippen LogP contribution in [-0.4, -0.2) is 4.98 Å². The van der Waals surface area contributed by atoms with E-state index in [1.807, 2.05) is 6.92 Å². The lowest BCUT2D eigenvalue weighted by molar-refractivity contribution is 0.317. The summed E-state index contributed by atoms with van der Waals surface area (Å²) in [7, 11) is 0. The van der Waals surface area contributed by atoms with Gasteiger partial charge in [-0.15, -0.1) is 0 Å². The first-order valence-electron chi connectivity index (χ1n) is 6.86. The van der Waals surface area contributed by atoms with Crippen molar-refractivity contribution in [3.05, 3.63) is 29.1 Å². The van der Waals surface area contributed by atoms with E-state index in [2.05, 4.69) is 24.0 Å². The van der Waals surface area contributed by atoms with Crippen molar-refractivity contribution in [3.63, 3.8) is 0 Å². The Bertz CT molecular complexity index is 347. The quantitative estimate of drug-likeness (QED) is 0.863. The fraction of sp³-hybridized carbons (Fsp3) is 0.667. The molecule has 0 spiro atoms. The van der Waals surface area contributed by atoms with Gasteiger partial charge in [0.2, 0.25) is 0 Å². The SMILES string of the molecule is Cc1cc(C)nc(C(N)CC2CCCCC2)c1. The Morgan fingerprint density at radius 3 is 2.59 bits per heavy atom. The molecule has 2 N–H and O–H groups in total. The summed E-state index contributed by atoms with van der Waals surface area (Å²) in [6.45, 7) is 4.16. The molecule has 0 radical (unpaired) electrons. The molecule has 1 aliphatic carbocycles. The predicted octanol–water partition coefficient (Wildman–Crippen LogP) is 3.67. The van der Waals surface area contributed by atoms with Crippen LogP contribution in [0.25, 0.3) is 0 Å². The number of hydrogen-bond donors (Lipinski definition) is 1. The highest BCUT2D eigenvalue weighted by molar-refractivity contribution is 5.21.